The summed E-state index contributed by atoms with van der Waals surface area (Å²) in [5.74, 6) is -2.37. The number of amides is 1. The van der Waals surface area contributed by atoms with Gasteiger partial charge in [0.1, 0.15) is 10.8 Å². The van der Waals surface area contributed by atoms with Gasteiger partial charge >= 0.3 is 29.6 Å². The summed E-state index contributed by atoms with van der Waals surface area (Å²) in [5, 5.41) is 23.1. The average molecular weight is 462 g/mol. The first kappa shape index (κ1) is 23.4. The summed E-state index contributed by atoms with van der Waals surface area (Å²) in [6.07, 6.45) is 3.13. The number of hydrogen-bond acceptors (Lipinski definition) is 6. The molecule has 1 aliphatic heterocycles. The molecule has 0 aliphatic carbocycles. The Balaban J connectivity index is 0.00000274. The van der Waals surface area contributed by atoms with Crippen LogP contribution in [0, 0.1) is 0 Å². The Labute approximate surface area is 213 Å². The van der Waals surface area contributed by atoms with E-state index in [0.717, 1.165) is 0 Å². The van der Waals surface area contributed by atoms with Crippen LogP contribution in [0.3, 0.4) is 0 Å². The normalized spacial score (nSPS) is 13.7. The van der Waals surface area contributed by atoms with Crippen LogP contribution in [0.5, 0.6) is 5.88 Å². The second kappa shape index (κ2) is 8.90. The molecule has 5 rings (SSSR count). The maximum Gasteiger partial charge on any atom is 1.00 e. The van der Waals surface area contributed by atoms with Gasteiger partial charge in [0.05, 0.1) is 22.4 Å². The number of carbonyl (C=O) groups is 3. The van der Waals surface area contributed by atoms with E-state index in [-0.39, 0.29) is 57.8 Å². The minimum absolute atomic E-state index is 0. The molecule has 1 N–H and O–H groups in total. The van der Waals surface area contributed by atoms with E-state index < -0.39 is 11.9 Å². The van der Waals surface area contributed by atoms with Crippen LogP contribution in [0.2, 0.25) is 0 Å². The van der Waals surface area contributed by atoms with Crippen LogP contribution in [0.1, 0.15) is 27.6 Å². The van der Waals surface area contributed by atoms with Gasteiger partial charge in [-0.1, -0.05) is 30.3 Å². The second-order valence-corrected chi connectivity index (χ2v) is 7.49. The van der Waals surface area contributed by atoms with Crippen molar-refractivity contribution in [3.05, 3.63) is 87.1 Å². The molecule has 162 valence electrons. The molecule has 0 fully saturated rings. The van der Waals surface area contributed by atoms with Crippen LogP contribution < -0.4 is 56.1 Å². The first-order chi connectivity index (χ1) is 15.8. The van der Waals surface area contributed by atoms with E-state index in [1.807, 2.05) is 0 Å². The van der Waals surface area contributed by atoms with Crippen LogP contribution >= 0.6 is 0 Å². The van der Waals surface area contributed by atoms with Crippen LogP contribution in [0.25, 0.3) is 28.6 Å². The van der Waals surface area contributed by atoms with Crippen molar-refractivity contribution in [3.8, 4) is 5.88 Å². The fraction of sp³-hybridized carbons (Fsp3) is 0.0400. The van der Waals surface area contributed by atoms with Crippen LogP contribution in [-0.2, 0) is 4.79 Å². The van der Waals surface area contributed by atoms with Crippen LogP contribution in [-0.4, -0.2) is 27.5 Å². The first-order valence-electron chi connectivity index (χ1n) is 9.95. The molecule has 0 atom stereocenters. The summed E-state index contributed by atoms with van der Waals surface area (Å²) in [6.45, 7) is 1.37. The Hall–Kier alpha value is -3.72. The minimum Gasteiger partial charge on any atom is -0.545 e. The van der Waals surface area contributed by atoms with Crippen molar-refractivity contribution in [2.45, 2.75) is 6.92 Å². The van der Waals surface area contributed by atoms with E-state index in [4.69, 9.17) is 4.42 Å². The van der Waals surface area contributed by atoms with Crippen molar-refractivity contribution >= 4 is 46.4 Å². The van der Waals surface area contributed by atoms with Gasteiger partial charge in [0.15, 0.2) is 0 Å². The molecule has 0 spiro atoms. The van der Waals surface area contributed by atoms with Crippen molar-refractivity contribution in [1.29, 1.82) is 0 Å². The first-order valence-corrected chi connectivity index (χ1v) is 9.95. The Morgan fingerprint density at radius 2 is 1.76 bits per heavy atom. The topological polar surface area (TPSA) is 125 Å². The Morgan fingerprint density at radius 3 is 2.47 bits per heavy atom. The largest absolute Gasteiger partial charge is 1.00 e. The summed E-state index contributed by atoms with van der Waals surface area (Å²) >= 11 is 0. The number of benzene rings is 2. The molecule has 0 unspecified atom stereocenters. The standard InChI is InChI=1S/C25H16N2O6.Na/c1-13(28)27-22-5-3-2-4-18(22)20(24(27)30)12-16-8-7-15(33-16)11-19-17-9-6-14(25(31)32)10-21(17)26-23(19)29;/h2-12,30H,1H3,(H,31,32);/q;+1/p-1. The number of hydrogen-bond donors (Lipinski definition) is 1. The molecule has 0 radical (unpaired) electrons. The van der Waals surface area contributed by atoms with Crippen LogP contribution in [0.15, 0.2) is 64.0 Å². The van der Waals surface area contributed by atoms with Crippen LogP contribution in [0.4, 0.5) is 0 Å². The van der Waals surface area contributed by atoms with Crippen molar-refractivity contribution < 1.29 is 58.6 Å². The fourth-order valence-corrected chi connectivity index (χ4v) is 3.92. The number of aromatic carboxylic acids is 1. The number of carbonyl (C=O) groups excluding carboxylic acids is 3. The van der Waals surface area contributed by atoms with Gasteiger partial charge in [0.2, 0.25) is 11.8 Å². The molecule has 1 aliphatic rings. The van der Waals surface area contributed by atoms with Gasteiger partial charge in [-0.25, -0.2) is 4.99 Å². The molecule has 0 saturated carbocycles. The van der Waals surface area contributed by atoms with Gasteiger partial charge in [-0.05, 0) is 42.0 Å². The molecule has 3 heterocycles. The molecule has 0 saturated heterocycles. The van der Waals surface area contributed by atoms with Crippen molar-refractivity contribution in [3.63, 3.8) is 0 Å². The summed E-state index contributed by atoms with van der Waals surface area (Å²) in [5.41, 5.74) is 1.98. The van der Waals surface area contributed by atoms with E-state index in [0.29, 0.717) is 32.5 Å². The minimum atomic E-state index is -1.35. The number of aromatic hydroxyl groups is 1. The quantitative estimate of drug-likeness (QED) is 0.317. The number of furan rings is 1. The molecule has 2 aromatic carbocycles. The number of fused-ring (bicyclic) bond motifs is 2. The molecule has 1 amide bonds. The van der Waals surface area contributed by atoms with Gasteiger partial charge < -0.3 is 19.4 Å². The predicted molar refractivity (Wildman–Crippen MR) is 116 cm³/mol. The Kier molecular flexibility index (Phi) is 6.14. The zero-order valence-electron chi connectivity index (χ0n) is 18.2. The number of para-hydroxylation sites is 1. The van der Waals surface area contributed by atoms with E-state index in [1.165, 1.54) is 35.8 Å². The summed E-state index contributed by atoms with van der Waals surface area (Å²) < 4.78 is 7.04. The molecule has 0 bridgehead atoms. The maximum absolute atomic E-state index is 12.4. The summed E-state index contributed by atoms with van der Waals surface area (Å²) in [7, 11) is 0. The fourth-order valence-electron chi connectivity index (χ4n) is 3.92. The molecule has 34 heavy (non-hydrogen) atoms. The molecule has 2 aromatic heterocycles. The van der Waals surface area contributed by atoms with Crippen molar-refractivity contribution in [1.82, 2.24) is 4.57 Å². The third kappa shape index (κ3) is 3.92. The van der Waals surface area contributed by atoms with Crippen molar-refractivity contribution in [2.75, 3.05) is 0 Å². The predicted octanol–water partition coefficient (Wildman–Crippen LogP) is -3.41. The maximum atomic E-state index is 12.4. The smallest absolute Gasteiger partial charge is 0.545 e. The molecular formula is C25H15N2NaO6. The van der Waals surface area contributed by atoms with E-state index in [9.17, 15) is 24.6 Å². The summed E-state index contributed by atoms with van der Waals surface area (Å²) in [4.78, 5) is 39.3. The summed E-state index contributed by atoms with van der Waals surface area (Å²) in [6, 6.07) is 14.6. The van der Waals surface area contributed by atoms with Gasteiger partial charge in [-0.3, -0.25) is 14.2 Å². The molecular weight excluding hydrogens is 447 g/mol. The zero-order valence-corrected chi connectivity index (χ0v) is 20.2. The second-order valence-electron chi connectivity index (χ2n) is 7.49. The number of carboxylic acids is 1. The third-order valence-corrected chi connectivity index (χ3v) is 5.40. The molecule has 8 nitrogen and oxygen atoms in total. The van der Waals surface area contributed by atoms with Gasteiger partial charge in [-0.15, -0.1) is 0 Å². The molecule has 9 heteroatoms. The monoisotopic (exact) mass is 462 g/mol. The number of nitrogens with zero attached hydrogens (tertiary/aromatic N) is 2. The van der Waals surface area contributed by atoms with E-state index in [2.05, 4.69) is 4.99 Å². The van der Waals surface area contributed by atoms with Gasteiger partial charge in [0.25, 0.3) is 5.91 Å². The Morgan fingerprint density at radius 1 is 1.06 bits per heavy atom. The zero-order chi connectivity index (χ0) is 23.3. The average Bonchev–Trinajstić information content (AvgIpc) is 3.43. The van der Waals surface area contributed by atoms with Crippen molar-refractivity contribution in [2.24, 2.45) is 4.99 Å². The van der Waals surface area contributed by atoms with Gasteiger partial charge in [-0.2, -0.15) is 0 Å². The number of rotatable bonds is 3. The number of aromatic nitrogens is 1. The van der Waals surface area contributed by atoms with E-state index in [1.54, 1.807) is 42.5 Å². The molecule has 4 aromatic rings. The van der Waals surface area contributed by atoms with Gasteiger partial charge in [0, 0.05) is 23.1 Å². The van der Waals surface area contributed by atoms with E-state index >= 15 is 0 Å². The Bertz CT molecular complexity index is 1760. The number of carboxylic acid groups (broad SMARTS) is 1. The SMILES string of the molecule is CC(=O)n1c(O)c(C=c2ccc(=CC3=c4ccc(C(=O)[O-])cc4=NC3=O)o2)c2ccccc21.[Na+]. The third-order valence-electron chi connectivity index (χ3n) is 5.40.